The first kappa shape index (κ1) is 18.7. The van der Waals surface area contributed by atoms with Crippen molar-refractivity contribution in [2.45, 2.75) is 38.6 Å². The van der Waals surface area contributed by atoms with Crippen LogP contribution in [0, 0.1) is 6.92 Å². The number of nitrogens with zero attached hydrogens (tertiary/aromatic N) is 2. The third-order valence-corrected chi connectivity index (χ3v) is 5.85. The Balaban J connectivity index is 1.35. The van der Waals surface area contributed by atoms with E-state index in [1.807, 2.05) is 30.3 Å². The molecule has 0 spiro atoms. The summed E-state index contributed by atoms with van der Waals surface area (Å²) in [6.45, 7) is 2.00. The molecule has 3 aromatic rings. The number of benzene rings is 2. The summed E-state index contributed by atoms with van der Waals surface area (Å²) in [6.07, 6.45) is 5.64. The maximum atomic E-state index is 13.0. The highest BCUT2D eigenvalue weighted by Gasteiger charge is 2.35. The monoisotopic (exact) mass is 400 g/mol. The van der Waals surface area contributed by atoms with E-state index in [0.29, 0.717) is 6.42 Å². The smallest absolute Gasteiger partial charge is 0.281 e. The number of furan rings is 1. The molecule has 0 bridgehead atoms. The second-order valence-corrected chi connectivity index (χ2v) is 7.96. The number of fused-ring (bicyclic) bond motifs is 1. The van der Waals surface area contributed by atoms with E-state index in [-0.39, 0.29) is 18.6 Å². The van der Waals surface area contributed by atoms with E-state index in [1.54, 1.807) is 6.26 Å². The standard InChI is InChI=1S/C25H24N2O3/c1-17-7-9-19(10-8-17)22-15-23(24-6-3-13-29-24)27(26-22)25(28)16-30-21-12-11-18-4-2-5-20(18)14-21/h3,6-14,23H,2,4-5,15-16H2,1H3/t23-/m0/s1. The van der Waals surface area contributed by atoms with Crippen LogP contribution in [0.1, 0.15) is 46.9 Å². The third kappa shape index (κ3) is 3.63. The van der Waals surface area contributed by atoms with Gasteiger partial charge in [0.2, 0.25) is 0 Å². The molecular weight excluding hydrogens is 376 g/mol. The molecule has 0 N–H and O–H groups in total. The van der Waals surface area contributed by atoms with Crippen molar-refractivity contribution in [3.8, 4) is 5.75 Å². The summed E-state index contributed by atoms with van der Waals surface area (Å²) in [7, 11) is 0. The van der Waals surface area contributed by atoms with Crippen LogP contribution in [-0.2, 0) is 17.6 Å². The van der Waals surface area contributed by atoms with E-state index in [0.717, 1.165) is 35.6 Å². The summed E-state index contributed by atoms with van der Waals surface area (Å²) in [5.74, 6) is 1.28. The Labute approximate surface area is 176 Å². The number of carbonyl (C=O) groups is 1. The number of hydrazone groups is 1. The van der Waals surface area contributed by atoms with Gasteiger partial charge >= 0.3 is 0 Å². The zero-order valence-electron chi connectivity index (χ0n) is 17.0. The summed E-state index contributed by atoms with van der Waals surface area (Å²) in [5, 5.41) is 6.17. The molecule has 0 saturated carbocycles. The van der Waals surface area contributed by atoms with Gasteiger partial charge in [-0.15, -0.1) is 0 Å². The maximum Gasteiger partial charge on any atom is 0.281 e. The van der Waals surface area contributed by atoms with Gasteiger partial charge in [-0.1, -0.05) is 35.9 Å². The van der Waals surface area contributed by atoms with Crippen molar-refractivity contribution in [3.63, 3.8) is 0 Å². The quantitative estimate of drug-likeness (QED) is 0.616. The molecule has 2 heterocycles. The van der Waals surface area contributed by atoms with E-state index in [1.165, 1.54) is 28.1 Å². The first-order chi connectivity index (χ1) is 14.7. The van der Waals surface area contributed by atoms with Crippen molar-refractivity contribution in [1.29, 1.82) is 0 Å². The molecule has 5 heteroatoms. The fraction of sp³-hybridized carbons (Fsp3) is 0.280. The lowest BCUT2D eigenvalue weighted by atomic mass is 10.0. The van der Waals surface area contributed by atoms with Crippen molar-refractivity contribution < 1.29 is 13.9 Å². The summed E-state index contributed by atoms with van der Waals surface area (Å²) in [6, 6.07) is 17.8. The summed E-state index contributed by atoms with van der Waals surface area (Å²) >= 11 is 0. The fourth-order valence-electron chi connectivity index (χ4n) is 4.21. The summed E-state index contributed by atoms with van der Waals surface area (Å²) in [4.78, 5) is 13.0. The first-order valence-corrected chi connectivity index (χ1v) is 10.4. The number of ether oxygens (including phenoxy) is 1. The maximum absolute atomic E-state index is 13.0. The Morgan fingerprint density at radius 2 is 1.97 bits per heavy atom. The van der Waals surface area contributed by atoms with E-state index >= 15 is 0 Å². The largest absolute Gasteiger partial charge is 0.484 e. The highest BCUT2D eigenvalue weighted by molar-refractivity contribution is 6.03. The third-order valence-electron chi connectivity index (χ3n) is 5.85. The van der Waals surface area contributed by atoms with Crippen molar-refractivity contribution in [2.24, 2.45) is 5.10 Å². The molecule has 1 aliphatic carbocycles. The predicted molar refractivity (Wildman–Crippen MR) is 115 cm³/mol. The molecular formula is C25H24N2O3. The van der Waals surface area contributed by atoms with Gasteiger partial charge < -0.3 is 9.15 Å². The fourth-order valence-corrected chi connectivity index (χ4v) is 4.21. The van der Waals surface area contributed by atoms with Gasteiger partial charge in [-0.3, -0.25) is 4.79 Å². The van der Waals surface area contributed by atoms with Crippen LogP contribution >= 0.6 is 0 Å². The number of aryl methyl sites for hydroxylation is 3. The highest BCUT2D eigenvalue weighted by atomic mass is 16.5. The molecule has 5 nitrogen and oxygen atoms in total. The molecule has 152 valence electrons. The zero-order chi connectivity index (χ0) is 20.5. The van der Waals surface area contributed by atoms with Crippen LogP contribution in [0.3, 0.4) is 0 Å². The highest BCUT2D eigenvalue weighted by Crippen LogP contribution is 2.33. The van der Waals surface area contributed by atoms with Crippen LogP contribution in [0.5, 0.6) is 5.75 Å². The van der Waals surface area contributed by atoms with Crippen molar-refractivity contribution in [2.75, 3.05) is 6.61 Å². The van der Waals surface area contributed by atoms with Crippen LogP contribution in [0.15, 0.2) is 70.4 Å². The Hall–Kier alpha value is -3.34. The number of hydrogen-bond acceptors (Lipinski definition) is 4. The second kappa shape index (κ2) is 7.82. The molecule has 2 aliphatic rings. The van der Waals surface area contributed by atoms with Crippen molar-refractivity contribution in [3.05, 3.63) is 88.9 Å². The minimum absolute atomic E-state index is 0.0549. The second-order valence-electron chi connectivity index (χ2n) is 7.96. The molecule has 5 rings (SSSR count). The van der Waals surface area contributed by atoms with E-state index in [4.69, 9.17) is 9.15 Å². The van der Waals surface area contributed by atoms with E-state index in [2.05, 4.69) is 36.3 Å². The molecule has 0 fully saturated rings. The van der Waals surface area contributed by atoms with Gasteiger partial charge in [0.05, 0.1) is 12.0 Å². The first-order valence-electron chi connectivity index (χ1n) is 10.4. The lowest BCUT2D eigenvalue weighted by molar-refractivity contribution is -0.135. The predicted octanol–water partition coefficient (Wildman–Crippen LogP) is 4.83. The van der Waals surface area contributed by atoms with Gasteiger partial charge in [0.1, 0.15) is 17.6 Å². The van der Waals surface area contributed by atoms with Crippen LogP contribution in [-0.4, -0.2) is 23.2 Å². The molecule has 30 heavy (non-hydrogen) atoms. The van der Waals surface area contributed by atoms with Gasteiger partial charge in [-0.05, 0) is 67.1 Å². The lowest BCUT2D eigenvalue weighted by Crippen LogP contribution is -2.31. The van der Waals surface area contributed by atoms with Crippen LogP contribution in [0.2, 0.25) is 0 Å². The Morgan fingerprint density at radius 3 is 2.77 bits per heavy atom. The molecule has 0 unspecified atom stereocenters. The molecule has 1 aliphatic heterocycles. The van der Waals surface area contributed by atoms with Crippen molar-refractivity contribution >= 4 is 11.6 Å². The SMILES string of the molecule is Cc1ccc(C2=NN(C(=O)COc3ccc4c(c3)CCC4)[C@H](c3ccco3)C2)cc1. The molecule has 0 radical (unpaired) electrons. The van der Waals surface area contributed by atoms with Gasteiger partial charge in [0.15, 0.2) is 6.61 Å². The minimum atomic E-state index is -0.257. The normalized spacial score (nSPS) is 17.7. The van der Waals surface area contributed by atoms with Gasteiger partial charge in [0, 0.05) is 6.42 Å². The molecule has 1 aromatic heterocycles. The minimum Gasteiger partial charge on any atom is -0.484 e. The zero-order valence-corrected chi connectivity index (χ0v) is 17.0. The van der Waals surface area contributed by atoms with Crippen LogP contribution < -0.4 is 4.74 Å². The van der Waals surface area contributed by atoms with Crippen LogP contribution in [0.4, 0.5) is 0 Å². The lowest BCUT2D eigenvalue weighted by Gasteiger charge is -2.20. The van der Waals surface area contributed by atoms with Gasteiger partial charge in [0.25, 0.3) is 5.91 Å². The average molecular weight is 400 g/mol. The van der Waals surface area contributed by atoms with Crippen LogP contribution in [0.25, 0.3) is 0 Å². The molecule has 2 aromatic carbocycles. The van der Waals surface area contributed by atoms with Gasteiger partial charge in [-0.2, -0.15) is 5.10 Å². The van der Waals surface area contributed by atoms with E-state index in [9.17, 15) is 4.79 Å². The molecule has 0 saturated heterocycles. The topological polar surface area (TPSA) is 55.0 Å². The average Bonchev–Trinajstić information content (AvgIpc) is 3.52. The number of carbonyl (C=O) groups excluding carboxylic acids is 1. The Bertz CT molecular complexity index is 1080. The number of hydrogen-bond donors (Lipinski definition) is 0. The molecule has 1 atom stereocenters. The van der Waals surface area contributed by atoms with Gasteiger partial charge in [-0.25, -0.2) is 5.01 Å². The van der Waals surface area contributed by atoms with E-state index < -0.39 is 0 Å². The number of amides is 1. The Morgan fingerprint density at radius 1 is 1.13 bits per heavy atom. The van der Waals surface area contributed by atoms with Crippen molar-refractivity contribution in [1.82, 2.24) is 5.01 Å². The molecule has 1 amide bonds. The summed E-state index contributed by atoms with van der Waals surface area (Å²) in [5.41, 5.74) is 5.80. The summed E-state index contributed by atoms with van der Waals surface area (Å²) < 4.78 is 11.4. The Kier molecular flexibility index (Phi) is 4.87. The number of rotatable bonds is 5.